The largest absolute Gasteiger partial charge is 0.463 e. The van der Waals surface area contributed by atoms with Gasteiger partial charge in [0.1, 0.15) is 49.8 Å². The lowest BCUT2D eigenvalue weighted by Crippen LogP contribution is -2.75. The summed E-state index contributed by atoms with van der Waals surface area (Å²) in [6.07, 6.45) is -14.4. The average Bonchev–Trinajstić information content (AvgIpc) is 3.41. The number of ether oxygens (including phenoxy) is 13. The first kappa shape index (κ1) is 40.3. The Hall–Kier alpha value is -3.50. The van der Waals surface area contributed by atoms with Crippen LogP contribution in [0.1, 0.15) is 48.5 Å². The molecule has 2 amide bonds. The lowest BCUT2D eigenvalue weighted by Gasteiger charge is -2.58. The molecule has 4 heterocycles. The third kappa shape index (κ3) is 8.27. The number of rotatable bonds is 12. The normalized spacial score (nSPS) is 38.0. The van der Waals surface area contributed by atoms with Crippen molar-refractivity contribution < 1.29 is 90.3 Å². The second kappa shape index (κ2) is 16.0. The number of carbonyl (C=O) groups is 6. The van der Waals surface area contributed by atoms with E-state index in [-0.39, 0.29) is 0 Å². The first-order valence-electron chi connectivity index (χ1n) is 16.0. The summed E-state index contributed by atoms with van der Waals surface area (Å²) in [4.78, 5) is 74.5. The smallest absolute Gasteiger partial charge is 0.417 e. The van der Waals surface area contributed by atoms with Crippen molar-refractivity contribution in [2.24, 2.45) is 0 Å². The molecule has 0 aromatic carbocycles. The fourth-order valence-corrected chi connectivity index (χ4v) is 6.41. The lowest BCUT2D eigenvalue weighted by molar-refractivity contribution is -0.487. The minimum atomic E-state index is -1.65. The highest BCUT2D eigenvalue weighted by Crippen LogP contribution is 2.46. The minimum absolute atomic E-state index is 0.447. The molecule has 4 rings (SSSR count). The maximum Gasteiger partial charge on any atom is 0.417 e. The molecule has 13 atom stereocenters. The van der Waals surface area contributed by atoms with E-state index in [2.05, 4.69) is 0 Å². The van der Waals surface area contributed by atoms with E-state index in [0.29, 0.717) is 0 Å². The van der Waals surface area contributed by atoms with Crippen LogP contribution in [0.2, 0.25) is 0 Å². The fourth-order valence-electron chi connectivity index (χ4n) is 6.41. The van der Waals surface area contributed by atoms with Crippen molar-refractivity contribution in [1.29, 1.82) is 0 Å². The number of hydrogen-bond donors (Lipinski definition) is 0. The van der Waals surface area contributed by atoms with Gasteiger partial charge < -0.3 is 61.6 Å². The van der Waals surface area contributed by atoms with Gasteiger partial charge >= 0.3 is 30.0 Å². The van der Waals surface area contributed by atoms with Gasteiger partial charge in [-0.2, -0.15) is 0 Å². The molecule has 4 fully saturated rings. The molecule has 0 aromatic rings. The maximum absolute atomic E-state index is 13.1. The summed E-state index contributed by atoms with van der Waals surface area (Å²) in [6, 6.07) is -1.36. The third-order valence-electron chi connectivity index (χ3n) is 8.95. The van der Waals surface area contributed by atoms with Crippen molar-refractivity contribution in [2.45, 2.75) is 127 Å². The number of esters is 4. The van der Waals surface area contributed by atoms with Crippen molar-refractivity contribution in [2.75, 3.05) is 34.5 Å². The van der Waals surface area contributed by atoms with Crippen molar-refractivity contribution in [3.8, 4) is 0 Å². The van der Waals surface area contributed by atoms with Gasteiger partial charge in [-0.3, -0.25) is 24.0 Å². The molecule has 0 N–H and O–H groups in total. The number of fused-ring (bicyclic) bond motifs is 2. The van der Waals surface area contributed by atoms with Crippen molar-refractivity contribution in [3.05, 3.63) is 0 Å². The first-order chi connectivity index (χ1) is 23.9. The minimum Gasteiger partial charge on any atom is -0.463 e. The Morgan fingerprint density at radius 1 is 0.765 bits per heavy atom. The summed E-state index contributed by atoms with van der Waals surface area (Å²) < 4.78 is 76.0. The third-order valence-corrected chi connectivity index (χ3v) is 8.95. The Balaban J connectivity index is 1.80. The van der Waals surface area contributed by atoms with E-state index in [0.717, 1.165) is 32.6 Å². The molecule has 0 bridgehead atoms. The molecule has 0 radical (unpaired) electrons. The summed E-state index contributed by atoms with van der Waals surface area (Å²) in [5.41, 5.74) is 0. The number of carbonyl (C=O) groups excluding carboxylic acids is 6. The number of methoxy groups -OCH3 is 3. The van der Waals surface area contributed by atoms with Crippen LogP contribution in [-0.2, 0) is 85.6 Å². The van der Waals surface area contributed by atoms with Crippen LogP contribution in [0.5, 0.6) is 0 Å². The van der Waals surface area contributed by atoms with Gasteiger partial charge in [-0.15, -0.1) is 0 Å². The van der Waals surface area contributed by atoms with Gasteiger partial charge in [0, 0.05) is 55.9 Å². The van der Waals surface area contributed by atoms with Gasteiger partial charge in [-0.1, -0.05) is 0 Å². The van der Waals surface area contributed by atoms with Crippen molar-refractivity contribution >= 4 is 35.9 Å². The van der Waals surface area contributed by atoms with Crippen LogP contribution >= 0.6 is 0 Å². The second-order valence-corrected chi connectivity index (χ2v) is 12.4. The first-order valence-corrected chi connectivity index (χ1v) is 16.0. The van der Waals surface area contributed by atoms with Crippen LogP contribution in [0, 0.1) is 0 Å². The average molecular weight is 736 g/mol. The highest BCUT2D eigenvalue weighted by atomic mass is 16.8. The van der Waals surface area contributed by atoms with Gasteiger partial charge in [-0.05, 0) is 13.8 Å². The highest BCUT2D eigenvalue weighted by Gasteiger charge is 2.66. The molecule has 0 aromatic heterocycles. The zero-order valence-electron chi connectivity index (χ0n) is 30.0. The number of imide groups is 1. The molecule has 0 spiro atoms. The van der Waals surface area contributed by atoms with Crippen molar-refractivity contribution in [3.63, 3.8) is 0 Å². The molecule has 0 aliphatic carbocycles. The summed E-state index contributed by atoms with van der Waals surface area (Å²) >= 11 is 0. The van der Waals surface area contributed by atoms with Crippen LogP contribution in [-0.4, -0.2) is 154 Å². The Bertz CT molecular complexity index is 1340. The summed E-state index contributed by atoms with van der Waals surface area (Å²) in [6.45, 7) is 7.85. The second-order valence-electron chi connectivity index (χ2n) is 12.4. The topological polar surface area (TPSA) is 226 Å². The molecular weight excluding hydrogens is 690 g/mol. The molecule has 20 heteroatoms. The summed E-state index contributed by atoms with van der Waals surface area (Å²) in [5, 5.41) is 0. The molecule has 4 saturated heterocycles. The molecule has 2 unspecified atom stereocenters. The Kier molecular flexibility index (Phi) is 12.7. The summed E-state index contributed by atoms with van der Waals surface area (Å²) in [5.74, 6) is -6.89. The van der Waals surface area contributed by atoms with Crippen LogP contribution in [0.4, 0.5) is 4.79 Å². The Morgan fingerprint density at radius 2 is 1.37 bits per heavy atom. The van der Waals surface area contributed by atoms with E-state index in [1.807, 2.05) is 0 Å². The maximum atomic E-state index is 13.1. The van der Waals surface area contributed by atoms with Gasteiger partial charge in [0.2, 0.25) is 17.5 Å². The van der Waals surface area contributed by atoms with Gasteiger partial charge in [0.25, 0.3) is 0 Å². The van der Waals surface area contributed by atoms with Gasteiger partial charge in [0.05, 0.1) is 0 Å². The van der Waals surface area contributed by atoms with E-state index >= 15 is 0 Å². The molecule has 20 nitrogen and oxygen atoms in total. The van der Waals surface area contributed by atoms with E-state index in [1.165, 1.54) is 42.1 Å². The van der Waals surface area contributed by atoms with E-state index in [1.54, 1.807) is 0 Å². The molecule has 0 saturated carbocycles. The standard InChI is InChI=1S/C31H45NO19/c1-13(33)32-20-23(49-29(32)38)21(45-17(5)37)19(12-43-15(3)35)46-27(20)48-26-25-24(50-30(6,40-9)31(7,41-10)51-25)22(47-28(26)39-8)18(44-16(4)36)11-42-14(2)34/h18-28H,11-12H2,1-10H3/t18-,19+,20+,21+,22+,23+,24+,25-,26-,27+,28-,30?,31?/m0/s1. The highest BCUT2D eigenvalue weighted by molar-refractivity contribution is 5.92. The SMILES string of the molecule is CO[C@H]1O[C@H]([C@H](COC(C)=O)OC(C)=O)[C@H]2OC(C)(OC)C(C)(OC)O[C@@H]2[C@@H]1O[C@H]1O[C@H](COC(C)=O)[C@@H](OC(C)=O)[C@@H]2OC(=O)N(C(C)=O)[C@@H]12. The Labute approximate surface area is 293 Å². The molecular formula is C31H45NO19. The zero-order chi connectivity index (χ0) is 38.0. The molecule has 51 heavy (non-hydrogen) atoms. The van der Waals surface area contributed by atoms with E-state index < -0.39 is 128 Å². The van der Waals surface area contributed by atoms with Crippen LogP contribution in [0.25, 0.3) is 0 Å². The number of amides is 2. The van der Waals surface area contributed by atoms with Gasteiger partial charge in [0.15, 0.2) is 30.9 Å². The van der Waals surface area contributed by atoms with Crippen LogP contribution < -0.4 is 0 Å². The monoisotopic (exact) mass is 735 g/mol. The number of nitrogens with zero attached hydrogens (tertiary/aromatic N) is 1. The lowest BCUT2D eigenvalue weighted by atomic mass is 9.90. The molecule has 4 aliphatic rings. The summed E-state index contributed by atoms with van der Waals surface area (Å²) in [7, 11) is 3.97. The predicted molar refractivity (Wildman–Crippen MR) is 161 cm³/mol. The van der Waals surface area contributed by atoms with Crippen LogP contribution in [0.3, 0.4) is 0 Å². The molecule has 4 aliphatic heterocycles. The number of hydrogen-bond acceptors (Lipinski definition) is 19. The van der Waals surface area contributed by atoms with E-state index in [9.17, 15) is 28.8 Å². The zero-order valence-corrected chi connectivity index (χ0v) is 30.0. The fraction of sp³-hybridized carbons (Fsp3) is 0.806. The van der Waals surface area contributed by atoms with Crippen molar-refractivity contribution in [1.82, 2.24) is 4.90 Å². The van der Waals surface area contributed by atoms with Gasteiger partial charge in [-0.25, -0.2) is 9.69 Å². The Morgan fingerprint density at radius 3 is 1.88 bits per heavy atom. The van der Waals surface area contributed by atoms with E-state index in [4.69, 9.17) is 61.6 Å². The van der Waals surface area contributed by atoms with Crippen LogP contribution in [0.15, 0.2) is 0 Å². The predicted octanol–water partition coefficient (Wildman–Crippen LogP) is -0.297. The molecule has 288 valence electrons. The quantitative estimate of drug-likeness (QED) is 0.185.